The fourth-order valence-electron chi connectivity index (χ4n) is 3.35. The van der Waals surface area contributed by atoms with Crippen molar-refractivity contribution in [1.29, 1.82) is 0 Å². The Bertz CT molecular complexity index is 954. The number of fused-ring (bicyclic) bond motifs is 1. The van der Waals surface area contributed by atoms with Crippen LogP contribution in [0.15, 0.2) is 53.5 Å². The molecule has 0 aliphatic carbocycles. The average molecular weight is 337 g/mol. The summed E-state index contributed by atoms with van der Waals surface area (Å²) in [5, 5.41) is 4.69. The molecule has 1 aromatic heterocycles. The third-order valence-corrected chi connectivity index (χ3v) is 4.53. The quantitative estimate of drug-likeness (QED) is 0.630. The predicted octanol–water partition coefficient (Wildman–Crippen LogP) is 5.22. The van der Waals surface area contributed by atoms with E-state index in [0.717, 1.165) is 40.3 Å². The molecule has 3 nitrogen and oxygen atoms in total. The summed E-state index contributed by atoms with van der Waals surface area (Å²) in [6, 6.07) is 12.8. The van der Waals surface area contributed by atoms with Gasteiger partial charge in [0.2, 0.25) is 0 Å². The second kappa shape index (κ2) is 5.92. The van der Waals surface area contributed by atoms with E-state index in [1.54, 1.807) is 24.3 Å². The molecule has 5 heteroatoms. The molecule has 0 N–H and O–H groups in total. The van der Waals surface area contributed by atoms with E-state index in [2.05, 4.69) is 5.10 Å². The number of aliphatic imine (C=N–C) groups is 1. The molecular weight excluding hydrogens is 320 g/mol. The third kappa shape index (κ3) is 2.76. The summed E-state index contributed by atoms with van der Waals surface area (Å²) in [4.78, 5) is 4.71. The van der Waals surface area contributed by atoms with Crippen molar-refractivity contribution in [3.63, 3.8) is 0 Å². The minimum absolute atomic E-state index is 0.0269. The lowest BCUT2D eigenvalue weighted by atomic mass is 9.99. The van der Waals surface area contributed by atoms with E-state index in [9.17, 15) is 8.78 Å². The molecule has 0 bridgehead atoms. The zero-order valence-corrected chi connectivity index (χ0v) is 14.0. The lowest BCUT2D eigenvalue weighted by Crippen LogP contribution is -2.19. The maximum atomic E-state index is 13.3. The number of rotatable bonds is 2. The maximum absolute atomic E-state index is 13.3. The van der Waals surface area contributed by atoms with Crippen LogP contribution in [0.3, 0.4) is 0 Å². The summed E-state index contributed by atoms with van der Waals surface area (Å²) in [5.74, 6) is 0.238. The zero-order chi connectivity index (χ0) is 17.6. The van der Waals surface area contributed by atoms with Crippen LogP contribution in [0.25, 0.3) is 11.1 Å². The Balaban J connectivity index is 1.87. The number of hydrogen-bond donors (Lipinski definition) is 0. The van der Waals surface area contributed by atoms with Crippen molar-refractivity contribution >= 4 is 11.5 Å². The Morgan fingerprint density at radius 2 is 1.52 bits per heavy atom. The predicted molar refractivity (Wildman–Crippen MR) is 94.3 cm³/mol. The second-order valence-corrected chi connectivity index (χ2v) is 6.35. The van der Waals surface area contributed by atoms with E-state index in [4.69, 9.17) is 4.99 Å². The number of nitrogens with zero attached hydrogens (tertiary/aromatic N) is 3. The van der Waals surface area contributed by atoms with Gasteiger partial charge in [-0.3, -0.25) is 0 Å². The summed E-state index contributed by atoms with van der Waals surface area (Å²) in [7, 11) is 0. The van der Waals surface area contributed by atoms with Gasteiger partial charge in [-0.05, 0) is 49.2 Å². The molecule has 25 heavy (non-hydrogen) atoms. The molecule has 0 fully saturated rings. The lowest BCUT2D eigenvalue weighted by Gasteiger charge is -2.24. The van der Waals surface area contributed by atoms with Gasteiger partial charge in [-0.1, -0.05) is 24.3 Å². The van der Waals surface area contributed by atoms with Crippen LogP contribution in [0.2, 0.25) is 0 Å². The van der Waals surface area contributed by atoms with Gasteiger partial charge in [0, 0.05) is 17.7 Å². The molecule has 1 aliphatic heterocycles. The first-order valence-corrected chi connectivity index (χ1v) is 8.17. The normalized spacial score (nSPS) is 16.5. The molecule has 4 rings (SSSR count). The maximum Gasteiger partial charge on any atom is 0.159 e. The van der Waals surface area contributed by atoms with Crippen LogP contribution in [0.1, 0.15) is 30.6 Å². The fraction of sp³-hybridized carbons (Fsp3) is 0.200. The molecule has 0 amide bonds. The van der Waals surface area contributed by atoms with Crippen LogP contribution in [0.4, 0.5) is 14.6 Å². The van der Waals surface area contributed by atoms with Gasteiger partial charge in [-0.15, -0.1) is 0 Å². The molecule has 0 saturated carbocycles. The van der Waals surface area contributed by atoms with Gasteiger partial charge < -0.3 is 0 Å². The Kier molecular flexibility index (Phi) is 3.71. The van der Waals surface area contributed by atoms with Gasteiger partial charge in [0.1, 0.15) is 11.6 Å². The highest BCUT2D eigenvalue weighted by Crippen LogP contribution is 2.40. The average Bonchev–Trinajstić information content (AvgIpc) is 2.92. The van der Waals surface area contributed by atoms with Crippen LogP contribution in [0.5, 0.6) is 0 Å². The summed E-state index contributed by atoms with van der Waals surface area (Å²) >= 11 is 0. The van der Waals surface area contributed by atoms with Gasteiger partial charge in [0.15, 0.2) is 5.82 Å². The first-order chi connectivity index (χ1) is 12.0. The van der Waals surface area contributed by atoms with Crippen molar-refractivity contribution in [3.8, 4) is 11.1 Å². The molecule has 126 valence electrons. The first-order valence-electron chi connectivity index (χ1n) is 8.17. The topological polar surface area (TPSA) is 30.2 Å². The Morgan fingerprint density at radius 3 is 2.16 bits per heavy atom. The summed E-state index contributed by atoms with van der Waals surface area (Å²) in [6.07, 6.45) is 0.725. The number of benzene rings is 2. The van der Waals surface area contributed by atoms with Crippen LogP contribution >= 0.6 is 0 Å². The van der Waals surface area contributed by atoms with Crippen molar-refractivity contribution in [2.45, 2.75) is 26.3 Å². The lowest BCUT2D eigenvalue weighted by molar-refractivity contribution is 0.526. The van der Waals surface area contributed by atoms with Gasteiger partial charge >= 0.3 is 0 Å². The zero-order valence-electron chi connectivity index (χ0n) is 14.0. The summed E-state index contributed by atoms with van der Waals surface area (Å²) in [5.41, 5.74) is 4.62. The van der Waals surface area contributed by atoms with Crippen molar-refractivity contribution in [2.75, 3.05) is 0 Å². The van der Waals surface area contributed by atoms with Gasteiger partial charge in [-0.2, -0.15) is 5.10 Å². The minimum atomic E-state index is -0.272. The summed E-state index contributed by atoms with van der Waals surface area (Å²) < 4.78 is 28.4. The van der Waals surface area contributed by atoms with E-state index in [1.807, 2.05) is 18.5 Å². The van der Waals surface area contributed by atoms with Crippen LogP contribution in [-0.2, 0) is 0 Å². The molecular formula is C20H17F2N3. The minimum Gasteiger partial charge on any atom is -0.239 e. The Hall–Kier alpha value is -2.82. The molecule has 0 spiro atoms. The van der Waals surface area contributed by atoms with Crippen molar-refractivity contribution in [3.05, 3.63) is 71.4 Å². The second-order valence-electron chi connectivity index (χ2n) is 6.35. The van der Waals surface area contributed by atoms with E-state index in [-0.39, 0.29) is 17.7 Å². The van der Waals surface area contributed by atoms with Gasteiger partial charge in [0.25, 0.3) is 0 Å². The third-order valence-electron chi connectivity index (χ3n) is 4.53. The standard InChI is InChI=1S/C20H17F2N3/c1-12-11-18(14-3-7-16(21)8-4-14)25-20(23-12)19(13(2)24-25)15-5-9-17(22)10-6-15/h3-10,18H,11H2,1-2H3/t18-/m1/s1. The van der Waals surface area contributed by atoms with Gasteiger partial charge in [-0.25, -0.2) is 18.5 Å². The smallest absolute Gasteiger partial charge is 0.159 e. The number of aromatic nitrogens is 2. The molecule has 0 unspecified atom stereocenters. The van der Waals surface area contributed by atoms with Gasteiger partial charge in [0.05, 0.1) is 11.7 Å². The highest BCUT2D eigenvalue weighted by atomic mass is 19.1. The van der Waals surface area contributed by atoms with E-state index >= 15 is 0 Å². The SMILES string of the molecule is CC1=Nc2c(-c3ccc(F)cc3)c(C)nn2[C@@H](c2ccc(F)cc2)C1. The van der Waals surface area contributed by atoms with Crippen LogP contribution in [-0.4, -0.2) is 15.5 Å². The highest BCUT2D eigenvalue weighted by molar-refractivity contribution is 5.90. The Labute approximate surface area is 144 Å². The fourth-order valence-corrected chi connectivity index (χ4v) is 3.35. The molecule has 3 aromatic rings. The molecule has 0 radical (unpaired) electrons. The van der Waals surface area contributed by atoms with Crippen molar-refractivity contribution in [2.24, 2.45) is 4.99 Å². The largest absolute Gasteiger partial charge is 0.239 e. The summed E-state index contributed by atoms with van der Waals surface area (Å²) in [6.45, 7) is 3.91. The van der Waals surface area contributed by atoms with Crippen LogP contribution < -0.4 is 0 Å². The van der Waals surface area contributed by atoms with Crippen LogP contribution in [0, 0.1) is 18.6 Å². The van der Waals surface area contributed by atoms with Crippen molar-refractivity contribution < 1.29 is 8.78 Å². The number of halogens is 2. The number of hydrogen-bond acceptors (Lipinski definition) is 2. The first kappa shape index (κ1) is 15.7. The molecule has 2 heterocycles. The monoisotopic (exact) mass is 337 g/mol. The van der Waals surface area contributed by atoms with E-state index in [0.29, 0.717) is 0 Å². The number of aryl methyl sites for hydroxylation is 1. The molecule has 1 atom stereocenters. The van der Waals surface area contributed by atoms with E-state index in [1.165, 1.54) is 24.3 Å². The van der Waals surface area contributed by atoms with E-state index < -0.39 is 0 Å². The molecule has 1 aliphatic rings. The molecule has 2 aromatic carbocycles. The molecule has 0 saturated heterocycles. The van der Waals surface area contributed by atoms with Crippen molar-refractivity contribution in [1.82, 2.24) is 9.78 Å². The Morgan fingerprint density at radius 1 is 0.920 bits per heavy atom. The highest BCUT2D eigenvalue weighted by Gasteiger charge is 2.27.